The minimum atomic E-state index is 0.00270. The van der Waals surface area contributed by atoms with Gasteiger partial charge >= 0.3 is 0 Å². The van der Waals surface area contributed by atoms with Gasteiger partial charge in [0.25, 0.3) is 5.56 Å². The summed E-state index contributed by atoms with van der Waals surface area (Å²) in [6.45, 7) is 3.66. The zero-order valence-corrected chi connectivity index (χ0v) is 12.4. The fraction of sp³-hybridized carbons (Fsp3) is 0.688. The third kappa shape index (κ3) is 4.37. The number of hydrogen-bond donors (Lipinski definition) is 1. The highest BCUT2D eigenvalue weighted by molar-refractivity contribution is 5.33. The summed E-state index contributed by atoms with van der Waals surface area (Å²) in [6, 6.07) is 3.16. The second-order valence-corrected chi connectivity index (χ2v) is 5.78. The quantitative estimate of drug-likeness (QED) is 0.814. The average Bonchev–Trinajstić information content (AvgIpc) is 2.47. The monoisotopic (exact) mass is 278 g/mol. The first-order valence-corrected chi connectivity index (χ1v) is 7.76. The molecule has 1 aliphatic rings. The predicted octanol–water partition coefficient (Wildman–Crippen LogP) is 2.81. The summed E-state index contributed by atoms with van der Waals surface area (Å²) in [5.41, 5.74) is 6.32. The molecule has 1 heterocycles. The summed E-state index contributed by atoms with van der Waals surface area (Å²) in [5, 5.41) is 0. The first kappa shape index (κ1) is 15.1. The molecule has 2 rings (SSSR count). The van der Waals surface area contributed by atoms with Crippen molar-refractivity contribution >= 4 is 5.69 Å². The summed E-state index contributed by atoms with van der Waals surface area (Å²) in [6.07, 6.45) is 9.29. The molecule has 2 unspecified atom stereocenters. The second-order valence-electron chi connectivity index (χ2n) is 5.78. The van der Waals surface area contributed by atoms with Crippen molar-refractivity contribution in [3.8, 4) is 0 Å². The van der Waals surface area contributed by atoms with Gasteiger partial charge in [-0.05, 0) is 31.2 Å². The Labute approximate surface area is 120 Å². The van der Waals surface area contributed by atoms with Crippen LogP contribution in [-0.4, -0.2) is 17.3 Å². The van der Waals surface area contributed by atoms with Gasteiger partial charge in [-0.25, -0.2) is 0 Å². The molecule has 1 aromatic heterocycles. The van der Waals surface area contributed by atoms with Crippen molar-refractivity contribution in [1.29, 1.82) is 0 Å². The molecule has 112 valence electrons. The molecule has 1 saturated carbocycles. The highest BCUT2D eigenvalue weighted by Gasteiger charge is 2.20. The predicted molar refractivity (Wildman–Crippen MR) is 81.7 cm³/mol. The van der Waals surface area contributed by atoms with Crippen LogP contribution in [0.4, 0.5) is 5.69 Å². The van der Waals surface area contributed by atoms with E-state index < -0.39 is 0 Å². The minimum Gasteiger partial charge on any atom is -0.398 e. The van der Waals surface area contributed by atoms with E-state index in [0.717, 1.165) is 18.9 Å². The van der Waals surface area contributed by atoms with Gasteiger partial charge in [-0.3, -0.25) is 4.79 Å². The summed E-state index contributed by atoms with van der Waals surface area (Å²) in [5.74, 6) is 0.838. The summed E-state index contributed by atoms with van der Waals surface area (Å²) < 4.78 is 7.62. The number of anilines is 1. The average molecular weight is 278 g/mol. The van der Waals surface area contributed by atoms with Crippen LogP contribution in [0.2, 0.25) is 0 Å². The molecule has 0 aliphatic heterocycles. The molecule has 0 aromatic carbocycles. The van der Waals surface area contributed by atoms with Gasteiger partial charge in [0.2, 0.25) is 0 Å². The van der Waals surface area contributed by atoms with E-state index in [2.05, 4.69) is 6.92 Å². The van der Waals surface area contributed by atoms with Crippen molar-refractivity contribution in [3.05, 3.63) is 28.7 Å². The van der Waals surface area contributed by atoms with Crippen LogP contribution in [0, 0.1) is 5.92 Å². The number of rotatable bonds is 6. The topological polar surface area (TPSA) is 57.2 Å². The number of nitrogens with two attached hydrogens (primary N) is 1. The smallest absolute Gasteiger partial charge is 0.250 e. The van der Waals surface area contributed by atoms with Gasteiger partial charge in [-0.2, -0.15) is 0 Å². The largest absolute Gasteiger partial charge is 0.398 e. The first-order valence-electron chi connectivity index (χ1n) is 7.76. The molecule has 2 atom stereocenters. The zero-order chi connectivity index (χ0) is 14.4. The molecular weight excluding hydrogens is 252 g/mol. The van der Waals surface area contributed by atoms with Gasteiger partial charge < -0.3 is 15.0 Å². The molecule has 1 aromatic rings. The maximum absolute atomic E-state index is 11.6. The molecular formula is C16H26N2O2. The lowest BCUT2D eigenvalue weighted by atomic mass is 9.85. The maximum atomic E-state index is 11.6. The lowest BCUT2D eigenvalue weighted by molar-refractivity contribution is 0.0101. The second kappa shape index (κ2) is 7.48. The molecule has 2 N–H and O–H groups in total. The molecule has 1 aliphatic carbocycles. The van der Waals surface area contributed by atoms with Crippen molar-refractivity contribution in [2.75, 3.05) is 12.3 Å². The Morgan fingerprint density at radius 3 is 3.05 bits per heavy atom. The van der Waals surface area contributed by atoms with Crippen LogP contribution in [-0.2, 0) is 11.3 Å². The summed E-state index contributed by atoms with van der Waals surface area (Å²) >= 11 is 0. The molecule has 4 nitrogen and oxygen atoms in total. The van der Waals surface area contributed by atoms with Crippen LogP contribution in [0.15, 0.2) is 23.1 Å². The van der Waals surface area contributed by atoms with Crippen LogP contribution in [0.5, 0.6) is 0 Å². The highest BCUT2D eigenvalue weighted by Crippen LogP contribution is 2.28. The number of pyridine rings is 1. The molecule has 0 spiro atoms. The number of aromatic nitrogens is 1. The zero-order valence-electron chi connectivity index (χ0n) is 12.4. The Bertz CT molecular complexity index is 470. The van der Waals surface area contributed by atoms with Crippen molar-refractivity contribution in [1.82, 2.24) is 4.57 Å². The third-order valence-corrected chi connectivity index (χ3v) is 4.22. The standard InChI is InChI=1S/C16H26N2O2/c1-2-13-5-3-6-15(11-13)20-10-4-9-18-12-14(17)7-8-16(18)19/h7-8,12-13,15H,2-6,9-11,17H2,1H3. The van der Waals surface area contributed by atoms with Crippen LogP contribution >= 0.6 is 0 Å². The molecule has 20 heavy (non-hydrogen) atoms. The number of nitrogens with zero attached hydrogens (tertiary/aromatic N) is 1. The molecule has 0 radical (unpaired) electrons. The Morgan fingerprint density at radius 1 is 1.40 bits per heavy atom. The van der Waals surface area contributed by atoms with E-state index in [1.165, 1.54) is 38.2 Å². The molecule has 0 saturated heterocycles. The Balaban J connectivity index is 1.71. The fourth-order valence-electron chi connectivity index (χ4n) is 2.97. The van der Waals surface area contributed by atoms with Gasteiger partial charge in [-0.15, -0.1) is 0 Å². The number of ether oxygens (including phenoxy) is 1. The Morgan fingerprint density at radius 2 is 2.25 bits per heavy atom. The highest BCUT2D eigenvalue weighted by atomic mass is 16.5. The van der Waals surface area contributed by atoms with E-state index in [9.17, 15) is 4.79 Å². The first-order chi connectivity index (χ1) is 9.69. The van der Waals surface area contributed by atoms with Crippen molar-refractivity contribution < 1.29 is 4.74 Å². The molecule has 0 bridgehead atoms. The Hall–Kier alpha value is -1.29. The van der Waals surface area contributed by atoms with Gasteiger partial charge in [0.15, 0.2) is 0 Å². The summed E-state index contributed by atoms with van der Waals surface area (Å²) in [4.78, 5) is 11.6. The van der Waals surface area contributed by atoms with E-state index in [1.807, 2.05) is 0 Å². The normalized spacial score (nSPS) is 22.9. The van der Waals surface area contributed by atoms with Crippen molar-refractivity contribution in [2.45, 2.75) is 58.1 Å². The third-order valence-electron chi connectivity index (χ3n) is 4.22. The molecule has 1 fully saturated rings. The van der Waals surface area contributed by atoms with Gasteiger partial charge in [0, 0.05) is 31.1 Å². The minimum absolute atomic E-state index is 0.00270. The van der Waals surface area contributed by atoms with E-state index in [-0.39, 0.29) is 5.56 Å². The number of aryl methyl sites for hydroxylation is 1. The number of hydrogen-bond acceptors (Lipinski definition) is 3. The van der Waals surface area contributed by atoms with Gasteiger partial charge in [0.05, 0.1) is 6.10 Å². The SMILES string of the molecule is CCC1CCCC(OCCCn2cc(N)ccc2=O)C1. The van der Waals surface area contributed by atoms with Crippen LogP contribution in [0.25, 0.3) is 0 Å². The molecule has 0 amide bonds. The Kier molecular flexibility index (Phi) is 5.65. The van der Waals surface area contributed by atoms with E-state index >= 15 is 0 Å². The van der Waals surface area contributed by atoms with Crippen LogP contribution < -0.4 is 11.3 Å². The van der Waals surface area contributed by atoms with E-state index in [0.29, 0.717) is 18.3 Å². The van der Waals surface area contributed by atoms with Crippen LogP contribution in [0.1, 0.15) is 45.4 Å². The van der Waals surface area contributed by atoms with E-state index in [4.69, 9.17) is 10.5 Å². The lowest BCUT2D eigenvalue weighted by Gasteiger charge is -2.28. The molecule has 4 heteroatoms. The van der Waals surface area contributed by atoms with Crippen LogP contribution in [0.3, 0.4) is 0 Å². The fourth-order valence-corrected chi connectivity index (χ4v) is 2.97. The lowest BCUT2D eigenvalue weighted by Crippen LogP contribution is -2.24. The van der Waals surface area contributed by atoms with Gasteiger partial charge in [0.1, 0.15) is 0 Å². The van der Waals surface area contributed by atoms with Crippen molar-refractivity contribution in [2.24, 2.45) is 5.92 Å². The van der Waals surface area contributed by atoms with Gasteiger partial charge in [-0.1, -0.05) is 26.2 Å². The van der Waals surface area contributed by atoms with Crippen molar-refractivity contribution in [3.63, 3.8) is 0 Å². The maximum Gasteiger partial charge on any atom is 0.250 e. The summed E-state index contributed by atoms with van der Waals surface area (Å²) in [7, 11) is 0. The van der Waals surface area contributed by atoms with E-state index in [1.54, 1.807) is 16.8 Å². The number of nitrogen functional groups attached to an aromatic ring is 1.